The average molecular weight is 378 g/mol. The molecule has 0 bridgehead atoms. The Hall–Kier alpha value is -0.550. The maximum absolute atomic E-state index is 11.6. The van der Waals surface area contributed by atoms with E-state index in [0.717, 1.165) is 39.6 Å². The monoisotopic (exact) mass is 376 g/mol. The van der Waals surface area contributed by atoms with Crippen LogP contribution in [0.15, 0.2) is 21.1 Å². The van der Waals surface area contributed by atoms with Gasteiger partial charge in [0.05, 0.1) is 12.2 Å². The van der Waals surface area contributed by atoms with Crippen LogP contribution in [0.2, 0.25) is 0 Å². The van der Waals surface area contributed by atoms with Crippen molar-refractivity contribution in [3.63, 3.8) is 0 Å². The molecule has 1 aromatic rings. The molecule has 0 aliphatic heterocycles. The quantitative estimate of drug-likeness (QED) is 0.739. The van der Waals surface area contributed by atoms with E-state index in [1.54, 1.807) is 0 Å². The van der Waals surface area contributed by atoms with E-state index in [4.69, 9.17) is 0 Å². The zero-order valence-corrected chi connectivity index (χ0v) is 13.8. The Morgan fingerprint density at radius 1 is 1.28 bits per heavy atom. The van der Waals surface area contributed by atoms with Gasteiger partial charge in [0.1, 0.15) is 0 Å². The lowest BCUT2D eigenvalue weighted by molar-refractivity contribution is -0.119. The van der Waals surface area contributed by atoms with E-state index < -0.39 is 0 Å². The zero-order chi connectivity index (χ0) is 13.5. The summed E-state index contributed by atoms with van der Waals surface area (Å²) in [6.07, 6.45) is 2.10. The van der Waals surface area contributed by atoms with Crippen LogP contribution in [0.4, 0.5) is 5.69 Å². The van der Waals surface area contributed by atoms with Crippen LogP contribution in [0.5, 0.6) is 0 Å². The highest BCUT2D eigenvalue weighted by atomic mass is 79.9. The van der Waals surface area contributed by atoms with Crippen molar-refractivity contribution in [3.8, 4) is 0 Å². The molecule has 0 aliphatic carbocycles. The van der Waals surface area contributed by atoms with Crippen LogP contribution in [0, 0.1) is 6.92 Å². The number of unbranched alkanes of at least 4 members (excludes halogenated alkanes) is 1. The van der Waals surface area contributed by atoms with E-state index in [1.807, 2.05) is 19.1 Å². The molecule has 5 heteroatoms. The minimum absolute atomic E-state index is 0.0165. The van der Waals surface area contributed by atoms with Crippen molar-refractivity contribution in [2.24, 2.45) is 0 Å². The summed E-state index contributed by atoms with van der Waals surface area (Å²) in [5, 5.41) is 6.00. The Bertz CT molecular complexity index is 398. The number of carbonyl (C=O) groups is 1. The molecule has 0 aromatic heterocycles. The molecule has 0 unspecified atom stereocenters. The number of hydrogen-bond donors (Lipinski definition) is 2. The van der Waals surface area contributed by atoms with Crippen molar-refractivity contribution in [1.29, 1.82) is 0 Å². The van der Waals surface area contributed by atoms with Crippen LogP contribution in [-0.4, -0.2) is 19.0 Å². The lowest BCUT2D eigenvalue weighted by Crippen LogP contribution is -2.30. The van der Waals surface area contributed by atoms with Gasteiger partial charge in [-0.1, -0.05) is 13.3 Å². The molecule has 1 rings (SSSR count). The van der Waals surface area contributed by atoms with E-state index in [-0.39, 0.29) is 12.5 Å². The second kappa shape index (κ2) is 7.79. The molecule has 1 amide bonds. The fraction of sp³-hybridized carbons (Fsp3) is 0.462. The third kappa shape index (κ3) is 4.98. The van der Waals surface area contributed by atoms with Gasteiger partial charge < -0.3 is 10.6 Å². The molecule has 0 spiro atoms. The minimum atomic E-state index is 0.0165. The van der Waals surface area contributed by atoms with E-state index in [1.165, 1.54) is 0 Å². The van der Waals surface area contributed by atoms with Crippen molar-refractivity contribution in [2.75, 3.05) is 18.4 Å². The molecule has 0 radical (unpaired) electrons. The molecular formula is C13H18Br2N2O. The molecule has 2 N–H and O–H groups in total. The van der Waals surface area contributed by atoms with Gasteiger partial charge in [-0.3, -0.25) is 4.79 Å². The van der Waals surface area contributed by atoms with E-state index in [9.17, 15) is 4.79 Å². The SMILES string of the molecule is CCCCNC(=O)CNc1c(Br)cc(C)cc1Br. The Labute approximate surface area is 125 Å². The topological polar surface area (TPSA) is 41.1 Å². The van der Waals surface area contributed by atoms with Gasteiger partial charge >= 0.3 is 0 Å². The Morgan fingerprint density at radius 2 is 1.89 bits per heavy atom. The lowest BCUT2D eigenvalue weighted by atomic mass is 10.2. The fourth-order valence-corrected chi connectivity index (χ4v) is 3.20. The Morgan fingerprint density at radius 3 is 2.44 bits per heavy atom. The number of amides is 1. The number of nitrogens with one attached hydrogen (secondary N) is 2. The van der Waals surface area contributed by atoms with Crippen LogP contribution in [0.1, 0.15) is 25.3 Å². The van der Waals surface area contributed by atoms with Gasteiger partial charge in [-0.05, 0) is 62.9 Å². The summed E-state index contributed by atoms with van der Waals surface area (Å²) in [5.41, 5.74) is 2.07. The Kier molecular flexibility index (Phi) is 6.71. The van der Waals surface area contributed by atoms with Gasteiger partial charge in [0, 0.05) is 15.5 Å². The normalized spacial score (nSPS) is 10.2. The van der Waals surface area contributed by atoms with E-state index in [2.05, 4.69) is 49.4 Å². The predicted octanol–water partition coefficient (Wildman–Crippen LogP) is 3.85. The standard InChI is InChI=1S/C13H18Br2N2O/c1-3-4-5-16-12(18)8-17-13-10(14)6-9(2)7-11(13)15/h6-7,17H,3-5,8H2,1-2H3,(H,16,18). The zero-order valence-electron chi connectivity index (χ0n) is 10.6. The van der Waals surface area contributed by atoms with Crippen LogP contribution >= 0.6 is 31.9 Å². The molecule has 0 atom stereocenters. The number of hydrogen-bond acceptors (Lipinski definition) is 2. The molecule has 18 heavy (non-hydrogen) atoms. The third-order valence-corrected chi connectivity index (χ3v) is 3.72. The van der Waals surface area contributed by atoms with E-state index >= 15 is 0 Å². The van der Waals surface area contributed by atoms with E-state index in [0.29, 0.717) is 0 Å². The van der Waals surface area contributed by atoms with Gasteiger partial charge in [0.15, 0.2) is 0 Å². The molecule has 0 saturated carbocycles. The average Bonchev–Trinajstić information content (AvgIpc) is 2.27. The summed E-state index contributed by atoms with van der Waals surface area (Å²) in [6, 6.07) is 4.03. The molecule has 0 heterocycles. The van der Waals surface area contributed by atoms with Crippen LogP contribution in [-0.2, 0) is 4.79 Å². The lowest BCUT2D eigenvalue weighted by Gasteiger charge is -2.12. The van der Waals surface area contributed by atoms with Crippen molar-refractivity contribution in [1.82, 2.24) is 5.32 Å². The van der Waals surface area contributed by atoms with Crippen LogP contribution in [0.25, 0.3) is 0 Å². The van der Waals surface area contributed by atoms with Crippen LogP contribution in [0.3, 0.4) is 0 Å². The van der Waals surface area contributed by atoms with Crippen LogP contribution < -0.4 is 10.6 Å². The summed E-state index contributed by atoms with van der Waals surface area (Å²) in [5.74, 6) is 0.0165. The second-order valence-corrected chi connectivity index (χ2v) is 5.87. The number of carbonyl (C=O) groups excluding carboxylic acids is 1. The summed E-state index contributed by atoms with van der Waals surface area (Å²) < 4.78 is 1.91. The molecule has 3 nitrogen and oxygen atoms in total. The third-order valence-electron chi connectivity index (χ3n) is 2.46. The Balaban J connectivity index is 2.51. The van der Waals surface area contributed by atoms with Gasteiger partial charge in [-0.2, -0.15) is 0 Å². The van der Waals surface area contributed by atoms with Gasteiger partial charge in [0.25, 0.3) is 0 Å². The summed E-state index contributed by atoms with van der Waals surface area (Å²) in [7, 11) is 0. The van der Waals surface area contributed by atoms with Crippen molar-refractivity contribution >= 4 is 43.5 Å². The van der Waals surface area contributed by atoms with Crippen molar-refractivity contribution in [2.45, 2.75) is 26.7 Å². The first-order valence-corrected chi connectivity index (χ1v) is 7.59. The largest absolute Gasteiger partial charge is 0.374 e. The maximum atomic E-state index is 11.6. The molecular weight excluding hydrogens is 360 g/mol. The second-order valence-electron chi connectivity index (χ2n) is 4.16. The molecule has 0 aliphatic rings. The highest BCUT2D eigenvalue weighted by Gasteiger charge is 2.07. The number of anilines is 1. The molecule has 0 fully saturated rings. The highest BCUT2D eigenvalue weighted by molar-refractivity contribution is 9.11. The van der Waals surface area contributed by atoms with Crippen molar-refractivity contribution in [3.05, 3.63) is 26.6 Å². The van der Waals surface area contributed by atoms with Gasteiger partial charge in [-0.15, -0.1) is 0 Å². The summed E-state index contributed by atoms with van der Waals surface area (Å²) >= 11 is 6.98. The smallest absolute Gasteiger partial charge is 0.239 e. The number of aryl methyl sites for hydroxylation is 1. The first-order valence-electron chi connectivity index (χ1n) is 6.00. The minimum Gasteiger partial charge on any atom is -0.374 e. The molecule has 0 saturated heterocycles. The van der Waals surface area contributed by atoms with Gasteiger partial charge in [0.2, 0.25) is 5.91 Å². The number of halogens is 2. The molecule has 100 valence electrons. The predicted molar refractivity (Wildman–Crippen MR) is 83.0 cm³/mol. The van der Waals surface area contributed by atoms with Gasteiger partial charge in [-0.25, -0.2) is 0 Å². The van der Waals surface area contributed by atoms with Crippen molar-refractivity contribution < 1.29 is 4.79 Å². The number of benzene rings is 1. The summed E-state index contributed by atoms with van der Waals surface area (Å²) in [4.78, 5) is 11.6. The first-order chi connectivity index (χ1) is 8.54. The molecule has 1 aromatic carbocycles. The maximum Gasteiger partial charge on any atom is 0.239 e. The number of rotatable bonds is 6. The highest BCUT2D eigenvalue weighted by Crippen LogP contribution is 2.31. The first kappa shape index (κ1) is 15.5. The fourth-order valence-electron chi connectivity index (χ4n) is 1.50. The summed E-state index contributed by atoms with van der Waals surface area (Å²) in [6.45, 7) is 5.15.